The maximum absolute atomic E-state index is 13.9. The summed E-state index contributed by atoms with van der Waals surface area (Å²) in [4.78, 5) is 13.1. The molecule has 7 nitrogen and oxygen atoms in total. The molecule has 2 aromatic heterocycles. The van der Waals surface area contributed by atoms with Crippen molar-refractivity contribution in [3.63, 3.8) is 0 Å². The summed E-state index contributed by atoms with van der Waals surface area (Å²) in [6.07, 6.45) is 0. The Morgan fingerprint density at radius 2 is 1.83 bits per heavy atom. The largest absolute Gasteiger partial charge is 0.297 e. The fourth-order valence-electron chi connectivity index (χ4n) is 3.01. The number of tetrazole rings is 1. The van der Waals surface area contributed by atoms with E-state index >= 15 is 0 Å². The topological polar surface area (TPSA) is 70.5 Å². The number of halogens is 2. The summed E-state index contributed by atoms with van der Waals surface area (Å²) in [7, 11) is 1.77. The van der Waals surface area contributed by atoms with E-state index in [1.807, 2.05) is 30.3 Å². The number of thioether (sulfide) groups is 1. The van der Waals surface area contributed by atoms with Gasteiger partial charge in [0.25, 0.3) is 5.56 Å². The quantitative estimate of drug-likeness (QED) is 0.470. The Balaban J connectivity index is 1.72. The lowest BCUT2D eigenvalue weighted by Gasteiger charge is -2.07. The molecule has 0 bridgehead atoms. The fourth-order valence-corrected chi connectivity index (χ4v) is 3.86. The van der Waals surface area contributed by atoms with Crippen LogP contribution in [0.15, 0.2) is 58.5 Å². The average Bonchev–Trinajstić information content (AvgIpc) is 3.26. The van der Waals surface area contributed by atoms with Gasteiger partial charge in [0, 0.05) is 18.4 Å². The highest BCUT2D eigenvalue weighted by atomic mass is 32.2. The fraction of sp³-hybridized carbons (Fsp3) is 0.158. The van der Waals surface area contributed by atoms with E-state index in [2.05, 4.69) is 15.5 Å². The van der Waals surface area contributed by atoms with Crippen molar-refractivity contribution in [2.45, 2.75) is 17.8 Å². The summed E-state index contributed by atoms with van der Waals surface area (Å²) in [5, 5.41) is 11.9. The van der Waals surface area contributed by atoms with Crippen LogP contribution in [0.25, 0.3) is 11.4 Å². The first-order valence-corrected chi connectivity index (χ1v) is 9.66. The lowest BCUT2D eigenvalue weighted by atomic mass is 10.2. The van der Waals surface area contributed by atoms with Gasteiger partial charge in [-0.3, -0.25) is 9.48 Å². The van der Waals surface area contributed by atoms with E-state index in [0.717, 1.165) is 17.8 Å². The number of nitrogens with zero attached hydrogens (tertiary/aromatic N) is 6. The molecule has 0 amide bonds. The first kappa shape index (κ1) is 19.1. The highest BCUT2D eigenvalue weighted by molar-refractivity contribution is 7.98. The Hall–Kier alpha value is -3.27. The van der Waals surface area contributed by atoms with Gasteiger partial charge in [0.15, 0.2) is 17.3 Å². The van der Waals surface area contributed by atoms with Crippen molar-refractivity contribution in [2.75, 3.05) is 0 Å². The molecule has 148 valence electrons. The standard InChI is InChI=1S/C19H16F2N6OS/c1-12-17(18(28)27(25(12)2)14-8-4-3-5-9-14)26-19(22-23-24-26)29-11-13-7-6-10-15(20)16(13)21/h3-10H,11H2,1-2H3. The zero-order chi connectivity index (χ0) is 20.5. The maximum atomic E-state index is 13.9. The second-order valence-electron chi connectivity index (χ2n) is 6.29. The van der Waals surface area contributed by atoms with E-state index < -0.39 is 11.6 Å². The van der Waals surface area contributed by atoms with Crippen LogP contribution in [-0.4, -0.2) is 29.6 Å². The van der Waals surface area contributed by atoms with Crippen LogP contribution in [0.3, 0.4) is 0 Å². The second kappa shape index (κ2) is 7.63. The molecular weight excluding hydrogens is 398 g/mol. The average molecular weight is 414 g/mol. The van der Waals surface area contributed by atoms with Gasteiger partial charge in [-0.15, -0.1) is 5.10 Å². The van der Waals surface area contributed by atoms with Crippen molar-refractivity contribution < 1.29 is 8.78 Å². The summed E-state index contributed by atoms with van der Waals surface area (Å²) in [5.74, 6) is -1.70. The first-order valence-electron chi connectivity index (χ1n) is 8.67. The van der Waals surface area contributed by atoms with Crippen LogP contribution in [0.4, 0.5) is 8.78 Å². The summed E-state index contributed by atoms with van der Waals surface area (Å²) in [6.45, 7) is 1.79. The number of hydrogen-bond donors (Lipinski definition) is 0. The minimum Gasteiger partial charge on any atom is -0.283 e. The highest BCUT2D eigenvalue weighted by Crippen LogP contribution is 2.25. The molecule has 0 aliphatic carbocycles. The summed E-state index contributed by atoms with van der Waals surface area (Å²) in [6, 6.07) is 13.2. The van der Waals surface area contributed by atoms with E-state index in [1.54, 1.807) is 18.7 Å². The van der Waals surface area contributed by atoms with Crippen molar-refractivity contribution in [1.29, 1.82) is 0 Å². The Bertz CT molecular complexity index is 1230. The minimum atomic E-state index is -0.910. The lowest BCUT2D eigenvalue weighted by Crippen LogP contribution is -2.22. The number of para-hydroxylation sites is 1. The predicted molar refractivity (Wildman–Crippen MR) is 104 cm³/mol. The smallest absolute Gasteiger partial charge is 0.283 e. The van der Waals surface area contributed by atoms with Gasteiger partial charge in [0.05, 0.1) is 11.4 Å². The Morgan fingerprint density at radius 1 is 1.07 bits per heavy atom. The van der Waals surface area contributed by atoms with Gasteiger partial charge in [0.1, 0.15) is 0 Å². The number of benzene rings is 2. The monoisotopic (exact) mass is 414 g/mol. The van der Waals surface area contributed by atoms with Crippen molar-refractivity contribution in [3.8, 4) is 11.4 Å². The Labute approximate surface area is 168 Å². The van der Waals surface area contributed by atoms with Crippen molar-refractivity contribution in [2.24, 2.45) is 7.05 Å². The van der Waals surface area contributed by atoms with Gasteiger partial charge < -0.3 is 0 Å². The third-order valence-electron chi connectivity index (χ3n) is 4.56. The molecule has 0 fully saturated rings. The van der Waals surface area contributed by atoms with Crippen LogP contribution in [0, 0.1) is 18.6 Å². The zero-order valence-corrected chi connectivity index (χ0v) is 16.4. The summed E-state index contributed by atoms with van der Waals surface area (Å²) >= 11 is 1.12. The van der Waals surface area contributed by atoms with Gasteiger partial charge in [-0.05, 0) is 35.5 Å². The number of hydrogen-bond acceptors (Lipinski definition) is 5. The number of aromatic nitrogens is 6. The highest BCUT2D eigenvalue weighted by Gasteiger charge is 2.22. The molecule has 0 unspecified atom stereocenters. The molecule has 0 saturated heterocycles. The lowest BCUT2D eigenvalue weighted by molar-refractivity contribution is 0.502. The van der Waals surface area contributed by atoms with Crippen LogP contribution >= 0.6 is 11.8 Å². The third kappa shape index (κ3) is 3.35. The summed E-state index contributed by atoms with van der Waals surface area (Å²) < 4.78 is 31.9. The van der Waals surface area contributed by atoms with E-state index in [1.165, 1.54) is 21.5 Å². The molecule has 0 aliphatic rings. The molecule has 0 spiro atoms. The molecule has 0 saturated carbocycles. The van der Waals surface area contributed by atoms with Gasteiger partial charge >= 0.3 is 0 Å². The van der Waals surface area contributed by atoms with E-state index in [4.69, 9.17) is 0 Å². The zero-order valence-electron chi connectivity index (χ0n) is 15.6. The third-order valence-corrected chi connectivity index (χ3v) is 5.53. The second-order valence-corrected chi connectivity index (χ2v) is 7.23. The van der Waals surface area contributed by atoms with Crippen molar-refractivity contribution in [3.05, 3.63) is 81.8 Å². The van der Waals surface area contributed by atoms with Crippen LogP contribution in [-0.2, 0) is 12.8 Å². The molecule has 29 heavy (non-hydrogen) atoms. The molecule has 0 atom stereocenters. The SMILES string of the molecule is Cc1c(-n2nnnc2SCc2cccc(F)c2F)c(=O)n(-c2ccccc2)n1C. The molecule has 0 radical (unpaired) electrons. The van der Waals surface area contributed by atoms with E-state index in [0.29, 0.717) is 22.2 Å². The van der Waals surface area contributed by atoms with Crippen molar-refractivity contribution >= 4 is 11.8 Å². The van der Waals surface area contributed by atoms with Crippen molar-refractivity contribution in [1.82, 2.24) is 29.6 Å². The maximum Gasteiger partial charge on any atom is 0.297 e. The van der Waals surface area contributed by atoms with Crippen LogP contribution < -0.4 is 5.56 Å². The van der Waals surface area contributed by atoms with Gasteiger partial charge in [-0.2, -0.15) is 4.68 Å². The first-order chi connectivity index (χ1) is 14.0. The molecule has 2 aromatic carbocycles. The van der Waals surface area contributed by atoms with Gasteiger partial charge in [-0.25, -0.2) is 13.5 Å². The molecular formula is C19H16F2N6OS. The van der Waals surface area contributed by atoms with Gasteiger partial charge in [-0.1, -0.05) is 42.1 Å². The number of rotatable bonds is 5. The van der Waals surface area contributed by atoms with E-state index in [-0.39, 0.29) is 16.9 Å². The Morgan fingerprint density at radius 3 is 2.59 bits per heavy atom. The van der Waals surface area contributed by atoms with Gasteiger partial charge in [0.2, 0.25) is 5.16 Å². The molecule has 10 heteroatoms. The predicted octanol–water partition coefficient (Wildman–Crippen LogP) is 3.03. The molecule has 4 rings (SSSR count). The molecule has 2 heterocycles. The molecule has 0 aliphatic heterocycles. The Kier molecular flexibility index (Phi) is 5.01. The van der Waals surface area contributed by atoms with Crippen LogP contribution in [0.2, 0.25) is 0 Å². The van der Waals surface area contributed by atoms with Crippen LogP contribution in [0.5, 0.6) is 0 Å². The summed E-state index contributed by atoms with van der Waals surface area (Å²) in [5.41, 5.74) is 1.56. The minimum absolute atomic E-state index is 0.114. The van der Waals surface area contributed by atoms with Crippen LogP contribution in [0.1, 0.15) is 11.3 Å². The normalized spacial score (nSPS) is 11.2. The molecule has 4 aromatic rings. The van der Waals surface area contributed by atoms with E-state index in [9.17, 15) is 13.6 Å². The molecule has 0 N–H and O–H groups in total.